The van der Waals surface area contributed by atoms with Crippen molar-refractivity contribution in [2.24, 2.45) is 5.73 Å². The molecule has 0 radical (unpaired) electrons. The van der Waals surface area contributed by atoms with E-state index in [1.165, 1.54) is 7.05 Å². The highest BCUT2D eigenvalue weighted by Gasteiger charge is 2.19. The fraction of sp³-hybridized carbons (Fsp3) is 0.455. The SMILES string of the molecule is CN(CCO)S(=O)(=O)c1ccc(CCN)cc1. The maximum absolute atomic E-state index is 12.0. The minimum atomic E-state index is -3.49. The van der Waals surface area contributed by atoms with Crippen LogP contribution in [0.5, 0.6) is 0 Å². The van der Waals surface area contributed by atoms with Crippen molar-refractivity contribution in [3.63, 3.8) is 0 Å². The van der Waals surface area contributed by atoms with Crippen LogP contribution in [0.3, 0.4) is 0 Å². The first kappa shape index (κ1) is 14.1. The summed E-state index contributed by atoms with van der Waals surface area (Å²) in [6.45, 7) is 0.435. The van der Waals surface area contributed by atoms with Gasteiger partial charge >= 0.3 is 0 Å². The molecule has 5 nitrogen and oxygen atoms in total. The smallest absolute Gasteiger partial charge is 0.242 e. The van der Waals surface area contributed by atoms with E-state index in [4.69, 9.17) is 10.8 Å². The van der Waals surface area contributed by atoms with Gasteiger partial charge in [-0.15, -0.1) is 0 Å². The van der Waals surface area contributed by atoms with Crippen molar-refractivity contribution in [3.8, 4) is 0 Å². The maximum Gasteiger partial charge on any atom is 0.242 e. The molecule has 0 fully saturated rings. The number of nitrogens with zero attached hydrogens (tertiary/aromatic N) is 1. The fourth-order valence-corrected chi connectivity index (χ4v) is 2.60. The molecule has 1 aromatic carbocycles. The van der Waals surface area contributed by atoms with Gasteiger partial charge in [-0.2, -0.15) is 4.31 Å². The van der Waals surface area contributed by atoms with Gasteiger partial charge in [-0.05, 0) is 30.7 Å². The molecule has 0 atom stereocenters. The molecular weight excluding hydrogens is 240 g/mol. The number of sulfonamides is 1. The van der Waals surface area contributed by atoms with Crippen molar-refractivity contribution >= 4 is 10.0 Å². The molecule has 3 N–H and O–H groups in total. The lowest BCUT2D eigenvalue weighted by molar-refractivity contribution is 0.266. The van der Waals surface area contributed by atoms with Gasteiger partial charge in [0.2, 0.25) is 10.0 Å². The molecule has 6 heteroatoms. The van der Waals surface area contributed by atoms with Crippen LogP contribution in [-0.4, -0.2) is 44.6 Å². The van der Waals surface area contributed by atoms with Crippen molar-refractivity contribution in [1.29, 1.82) is 0 Å². The van der Waals surface area contributed by atoms with Crippen LogP contribution in [0.15, 0.2) is 29.2 Å². The molecule has 0 aliphatic heterocycles. The van der Waals surface area contributed by atoms with Crippen LogP contribution in [0.4, 0.5) is 0 Å². The first-order valence-electron chi connectivity index (χ1n) is 5.38. The molecule has 0 aliphatic rings. The predicted molar refractivity (Wildman–Crippen MR) is 66.1 cm³/mol. The molecule has 0 spiro atoms. The number of hydrogen-bond acceptors (Lipinski definition) is 4. The van der Waals surface area contributed by atoms with E-state index >= 15 is 0 Å². The normalized spacial score (nSPS) is 12.0. The Morgan fingerprint density at radius 2 is 1.88 bits per heavy atom. The highest BCUT2D eigenvalue weighted by atomic mass is 32.2. The topological polar surface area (TPSA) is 83.6 Å². The minimum Gasteiger partial charge on any atom is -0.395 e. The number of nitrogens with two attached hydrogens (primary N) is 1. The zero-order chi connectivity index (χ0) is 12.9. The second-order valence-corrected chi connectivity index (χ2v) is 5.78. The Hall–Kier alpha value is -0.950. The molecule has 0 aromatic heterocycles. The quantitative estimate of drug-likeness (QED) is 0.740. The standard InChI is InChI=1S/C11H18N2O3S/c1-13(8-9-14)17(15,16)11-4-2-10(3-5-11)6-7-12/h2-5,14H,6-9,12H2,1H3. The van der Waals surface area contributed by atoms with Crippen LogP contribution in [0, 0.1) is 0 Å². The van der Waals surface area contributed by atoms with Crippen molar-refractivity contribution < 1.29 is 13.5 Å². The molecule has 1 aromatic rings. The summed E-state index contributed by atoms with van der Waals surface area (Å²) in [5.74, 6) is 0. The van der Waals surface area contributed by atoms with Gasteiger partial charge in [0.15, 0.2) is 0 Å². The van der Waals surface area contributed by atoms with E-state index in [-0.39, 0.29) is 18.0 Å². The Morgan fingerprint density at radius 3 is 2.35 bits per heavy atom. The number of likely N-dealkylation sites (N-methyl/N-ethyl adjacent to an activating group) is 1. The summed E-state index contributed by atoms with van der Waals surface area (Å²) in [4.78, 5) is 0.231. The van der Waals surface area contributed by atoms with Gasteiger partial charge in [0.1, 0.15) is 0 Å². The van der Waals surface area contributed by atoms with Gasteiger partial charge in [-0.3, -0.25) is 0 Å². The fourth-order valence-electron chi connectivity index (χ4n) is 1.44. The van der Waals surface area contributed by atoms with Crippen molar-refractivity contribution in [3.05, 3.63) is 29.8 Å². The van der Waals surface area contributed by atoms with Crippen molar-refractivity contribution in [1.82, 2.24) is 4.31 Å². The Kier molecular flexibility index (Phi) is 5.07. The van der Waals surface area contributed by atoms with E-state index in [1.807, 2.05) is 0 Å². The lowest BCUT2D eigenvalue weighted by Crippen LogP contribution is -2.29. The van der Waals surface area contributed by atoms with Crippen molar-refractivity contribution in [2.75, 3.05) is 26.7 Å². The van der Waals surface area contributed by atoms with Gasteiger partial charge in [0.05, 0.1) is 11.5 Å². The number of hydrogen-bond donors (Lipinski definition) is 2. The lowest BCUT2D eigenvalue weighted by Gasteiger charge is -2.15. The van der Waals surface area contributed by atoms with Crippen LogP contribution in [0.25, 0.3) is 0 Å². The summed E-state index contributed by atoms with van der Waals surface area (Å²) in [6.07, 6.45) is 0.729. The monoisotopic (exact) mass is 258 g/mol. The van der Waals surface area contributed by atoms with Gasteiger partial charge in [-0.25, -0.2) is 8.42 Å². The van der Waals surface area contributed by atoms with Gasteiger partial charge in [0, 0.05) is 13.6 Å². The zero-order valence-corrected chi connectivity index (χ0v) is 10.7. The molecule has 0 unspecified atom stereocenters. The number of benzene rings is 1. The van der Waals surface area contributed by atoms with E-state index in [1.54, 1.807) is 24.3 Å². The number of aliphatic hydroxyl groups is 1. The maximum atomic E-state index is 12.0. The molecule has 0 saturated carbocycles. The Bertz CT molecular complexity index is 442. The van der Waals surface area contributed by atoms with E-state index in [0.29, 0.717) is 6.54 Å². The third-order valence-electron chi connectivity index (χ3n) is 2.48. The highest BCUT2D eigenvalue weighted by Crippen LogP contribution is 2.15. The first-order chi connectivity index (χ1) is 8.02. The number of aliphatic hydroxyl groups excluding tert-OH is 1. The second-order valence-electron chi connectivity index (χ2n) is 3.73. The molecular formula is C11H18N2O3S. The molecule has 0 aliphatic carbocycles. The van der Waals surface area contributed by atoms with Crippen LogP contribution in [0.1, 0.15) is 5.56 Å². The lowest BCUT2D eigenvalue weighted by atomic mass is 10.2. The van der Waals surface area contributed by atoms with Crippen LogP contribution in [-0.2, 0) is 16.4 Å². The first-order valence-corrected chi connectivity index (χ1v) is 6.82. The zero-order valence-electron chi connectivity index (χ0n) is 9.83. The summed E-state index contributed by atoms with van der Waals surface area (Å²) in [7, 11) is -2.05. The second kappa shape index (κ2) is 6.11. The van der Waals surface area contributed by atoms with Gasteiger partial charge in [0.25, 0.3) is 0 Å². The summed E-state index contributed by atoms with van der Waals surface area (Å²) < 4.78 is 25.1. The van der Waals surface area contributed by atoms with E-state index < -0.39 is 10.0 Å². The van der Waals surface area contributed by atoms with Gasteiger partial charge < -0.3 is 10.8 Å². The third-order valence-corrected chi connectivity index (χ3v) is 4.35. The predicted octanol–water partition coefficient (Wildman–Crippen LogP) is -0.199. The molecule has 0 saturated heterocycles. The highest BCUT2D eigenvalue weighted by molar-refractivity contribution is 7.89. The molecule has 0 bridgehead atoms. The van der Waals surface area contributed by atoms with Crippen LogP contribution in [0.2, 0.25) is 0 Å². The summed E-state index contributed by atoms with van der Waals surface area (Å²) >= 11 is 0. The largest absolute Gasteiger partial charge is 0.395 e. The van der Waals surface area contributed by atoms with Crippen LogP contribution >= 0.6 is 0 Å². The third kappa shape index (κ3) is 3.50. The summed E-state index contributed by atoms with van der Waals surface area (Å²) in [5.41, 5.74) is 6.43. The average Bonchev–Trinajstić information content (AvgIpc) is 2.30. The van der Waals surface area contributed by atoms with Gasteiger partial charge in [-0.1, -0.05) is 12.1 Å². The Labute approximate surface area is 102 Å². The molecule has 0 heterocycles. The van der Waals surface area contributed by atoms with E-state index in [2.05, 4.69) is 0 Å². The average molecular weight is 258 g/mol. The minimum absolute atomic E-state index is 0.0902. The molecule has 1 rings (SSSR count). The Balaban J connectivity index is 2.92. The molecule has 0 amide bonds. The summed E-state index contributed by atoms with van der Waals surface area (Å²) in [5, 5.41) is 8.74. The number of rotatable bonds is 6. The molecule has 17 heavy (non-hydrogen) atoms. The molecule has 96 valence electrons. The van der Waals surface area contributed by atoms with E-state index in [9.17, 15) is 8.42 Å². The summed E-state index contributed by atoms with van der Waals surface area (Å²) in [6, 6.07) is 6.64. The van der Waals surface area contributed by atoms with Crippen molar-refractivity contribution in [2.45, 2.75) is 11.3 Å². The van der Waals surface area contributed by atoms with Crippen LogP contribution < -0.4 is 5.73 Å². The Morgan fingerprint density at radius 1 is 1.29 bits per heavy atom. The van der Waals surface area contributed by atoms with E-state index in [0.717, 1.165) is 16.3 Å².